The Morgan fingerprint density at radius 3 is 2.85 bits per heavy atom. The van der Waals surface area contributed by atoms with E-state index in [-0.39, 0.29) is 11.7 Å². The zero-order chi connectivity index (χ0) is 14.1. The van der Waals surface area contributed by atoms with Crippen molar-refractivity contribution in [3.8, 4) is 0 Å². The van der Waals surface area contributed by atoms with Gasteiger partial charge in [-0.05, 0) is 18.2 Å². The second kappa shape index (κ2) is 5.10. The van der Waals surface area contributed by atoms with Crippen LogP contribution in [0.2, 0.25) is 0 Å². The fourth-order valence-electron chi connectivity index (χ4n) is 1.66. The highest BCUT2D eigenvalue weighted by molar-refractivity contribution is 7.16. The van der Waals surface area contributed by atoms with Crippen molar-refractivity contribution in [1.29, 1.82) is 0 Å². The quantitative estimate of drug-likeness (QED) is 0.754. The van der Waals surface area contributed by atoms with Crippen molar-refractivity contribution in [2.24, 2.45) is 0 Å². The minimum atomic E-state index is -0.246. The first-order valence-corrected chi connectivity index (χ1v) is 7.50. The average Bonchev–Trinajstić information content (AvgIpc) is 3.05. The van der Waals surface area contributed by atoms with E-state index >= 15 is 0 Å². The van der Waals surface area contributed by atoms with Crippen LogP contribution in [0.25, 0.3) is 10.2 Å². The zero-order valence-electron chi connectivity index (χ0n) is 10.4. The number of hydrogen-bond donors (Lipinski definition) is 1. The summed E-state index contributed by atoms with van der Waals surface area (Å²) in [5.41, 5.74) is 3.52. The lowest BCUT2D eigenvalue weighted by atomic mass is 10.2. The van der Waals surface area contributed by atoms with Crippen LogP contribution in [0.3, 0.4) is 0 Å². The van der Waals surface area contributed by atoms with Crippen LogP contribution in [0.4, 0.5) is 5.13 Å². The number of nitrogens with one attached hydrogen (secondary N) is 1. The number of carbonyl (C=O) groups excluding carboxylic acids is 2. The monoisotopic (exact) mass is 303 g/mol. The van der Waals surface area contributed by atoms with Gasteiger partial charge in [-0.3, -0.25) is 14.9 Å². The van der Waals surface area contributed by atoms with Gasteiger partial charge in [0.1, 0.15) is 5.69 Å². The lowest BCUT2D eigenvalue weighted by molar-refractivity contribution is 0.100. The van der Waals surface area contributed by atoms with E-state index in [1.807, 2.05) is 6.07 Å². The highest BCUT2D eigenvalue weighted by atomic mass is 32.1. The highest BCUT2D eigenvalue weighted by Gasteiger charge is 2.11. The van der Waals surface area contributed by atoms with E-state index in [1.165, 1.54) is 29.6 Å². The number of carbonyl (C=O) groups is 2. The number of rotatable bonds is 3. The Morgan fingerprint density at radius 1 is 1.25 bits per heavy atom. The predicted octanol–water partition coefficient (Wildman–Crippen LogP) is 3.21. The van der Waals surface area contributed by atoms with Gasteiger partial charge in [0.2, 0.25) is 0 Å². The summed E-state index contributed by atoms with van der Waals surface area (Å²) in [5, 5.41) is 4.74. The van der Waals surface area contributed by atoms with Crippen LogP contribution >= 0.6 is 22.7 Å². The van der Waals surface area contributed by atoms with Crippen LogP contribution in [-0.4, -0.2) is 21.7 Å². The molecule has 1 amide bonds. The molecule has 3 rings (SSSR count). The van der Waals surface area contributed by atoms with Crippen molar-refractivity contribution < 1.29 is 9.59 Å². The molecule has 5 nitrogen and oxygen atoms in total. The third-order valence-electron chi connectivity index (χ3n) is 2.68. The molecule has 0 radical (unpaired) electrons. The second-order valence-corrected chi connectivity index (χ2v) is 5.83. The molecule has 0 aliphatic rings. The smallest absolute Gasteiger partial charge is 0.257 e. The Morgan fingerprint density at radius 2 is 2.10 bits per heavy atom. The number of thiazole rings is 2. The minimum Gasteiger partial charge on any atom is -0.298 e. The van der Waals surface area contributed by atoms with E-state index in [1.54, 1.807) is 23.0 Å². The van der Waals surface area contributed by atoms with Crippen molar-refractivity contribution in [3.63, 3.8) is 0 Å². The summed E-state index contributed by atoms with van der Waals surface area (Å²) in [7, 11) is 0. The van der Waals surface area contributed by atoms with Crippen LogP contribution in [-0.2, 0) is 0 Å². The Hall–Kier alpha value is -2.12. The predicted molar refractivity (Wildman–Crippen MR) is 79.7 cm³/mol. The molecule has 0 unspecified atom stereocenters. The molecule has 0 saturated carbocycles. The van der Waals surface area contributed by atoms with Crippen molar-refractivity contribution in [2.75, 3.05) is 5.32 Å². The summed E-state index contributed by atoms with van der Waals surface area (Å²) in [6.45, 7) is 1.44. The van der Waals surface area contributed by atoms with Gasteiger partial charge in [-0.1, -0.05) is 0 Å². The number of fused-ring (bicyclic) bond motifs is 1. The molecule has 7 heteroatoms. The van der Waals surface area contributed by atoms with Gasteiger partial charge in [-0.2, -0.15) is 0 Å². The summed E-state index contributed by atoms with van der Waals surface area (Å²) in [6, 6.07) is 5.32. The Kier molecular flexibility index (Phi) is 3.29. The minimum absolute atomic E-state index is 0.118. The van der Waals surface area contributed by atoms with Gasteiger partial charge in [0, 0.05) is 17.9 Å². The van der Waals surface area contributed by atoms with E-state index in [4.69, 9.17) is 0 Å². The molecule has 2 heterocycles. The number of benzene rings is 1. The summed E-state index contributed by atoms with van der Waals surface area (Å²) in [4.78, 5) is 31.5. The van der Waals surface area contributed by atoms with E-state index in [2.05, 4.69) is 15.3 Å². The largest absolute Gasteiger partial charge is 0.298 e. The number of Topliss-reactive ketones (excluding diaryl/α,β-unsaturated/α-hetero) is 1. The number of anilines is 1. The standard InChI is InChI=1S/C13H9N3O2S2/c1-7(17)10-5-19-13(15-10)16-12(18)8-2-3-9-11(4-8)20-6-14-9/h2-6H,1H3,(H,15,16,18). The SMILES string of the molecule is CC(=O)c1csc(NC(=O)c2ccc3ncsc3c2)n1. The van der Waals surface area contributed by atoms with Gasteiger partial charge >= 0.3 is 0 Å². The molecule has 0 bridgehead atoms. The molecule has 1 N–H and O–H groups in total. The maximum Gasteiger partial charge on any atom is 0.257 e. The van der Waals surface area contributed by atoms with Crippen LogP contribution in [0.1, 0.15) is 27.8 Å². The summed E-state index contributed by atoms with van der Waals surface area (Å²) >= 11 is 2.72. The topological polar surface area (TPSA) is 72.0 Å². The van der Waals surface area contributed by atoms with Crippen molar-refractivity contribution >= 4 is 49.7 Å². The lowest BCUT2D eigenvalue weighted by Crippen LogP contribution is -2.11. The molecule has 0 saturated heterocycles. The molecule has 100 valence electrons. The molecule has 2 aromatic heterocycles. The van der Waals surface area contributed by atoms with Crippen LogP contribution < -0.4 is 5.32 Å². The molecule has 20 heavy (non-hydrogen) atoms. The summed E-state index contributed by atoms with van der Waals surface area (Å²) < 4.78 is 0.959. The first kappa shape index (κ1) is 12.9. The molecule has 0 fully saturated rings. The number of amides is 1. The Bertz CT molecular complexity index is 807. The van der Waals surface area contributed by atoms with Gasteiger partial charge in [0.15, 0.2) is 10.9 Å². The summed E-state index contributed by atoms with van der Waals surface area (Å²) in [5.74, 6) is -0.363. The molecular weight excluding hydrogens is 294 g/mol. The van der Waals surface area contributed by atoms with Crippen LogP contribution in [0, 0.1) is 0 Å². The first-order chi connectivity index (χ1) is 9.63. The van der Waals surface area contributed by atoms with Gasteiger partial charge in [0.25, 0.3) is 5.91 Å². The Balaban J connectivity index is 1.82. The lowest BCUT2D eigenvalue weighted by Gasteiger charge is -2.01. The molecule has 0 aliphatic carbocycles. The van der Waals surface area contributed by atoms with Gasteiger partial charge in [-0.15, -0.1) is 22.7 Å². The van der Waals surface area contributed by atoms with Gasteiger partial charge in [0.05, 0.1) is 15.7 Å². The van der Waals surface area contributed by atoms with E-state index < -0.39 is 0 Å². The Labute approximate surface area is 122 Å². The third-order valence-corrected chi connectivity index (χ3v) is 4.23. The third kappa shape index (κ3) is 2.45. The molecular formula is C13H9N3O2S2. The van der Waals surface area contributed by atoms with Crippen molar-refractivity contribution in [3.05, 3.63) is 40.3 Å². The molecule has 1 aromatic carbocycles. The molecule has 0 aliphatic heterocycles. The zero-order valence-corrected chi connectivity index (χ0v) is 12.0. The second-order valence-electron chi connectivity index (χ2n) is 4.08. The number of nitrogens with zero attached hydrogens (tertiary/aromatic N) is 2. The first-order valence-electron chi connectivity index (χ1n) is 5.74. The molecule has 3 aromatic rings. The maximum atomic E-state index is 12.1. The highest BCUT2D eigenvalue weighted by Crippen LogP contribution is 2.21. The van der Waals surface area contributed by atoms with Crippen LogP contribution in [0.15, 0.2) is 29.1 Å². The normalized spacial score (nSPS) is 10.7. The van der Waals surface area contributed by atoms with Crippen molar-refractivity contribution in [2.45, 2.75) is 6.92 Å². The fourth-order valence-corrected chi connectivity index (χ4v) is 3.12. The van der Waals surface area contributed by atoms with E-state index in [0.717, 1.165) is 10.2 Å². The molecule has 0 spiro atoms. The fraction of sp³-hybridized carbons (Fsp3) is 0.0769. The number of aromatic nitrogens is 2. The van der Waals surface area contributed by atoms with Crippen molar-refractivity contribution in [1.82, 2.24) is 9.97 Å². The van der Waals surface area contributed by atoms with E-state index in [0.29, 0.717) is 16.4 Å². The number of hydrogen-bond acceptors (Lipinski definition) is 6. The number of ketones is 1. The maximum absolute atomic E-state index is 12.1. The molecule has 0 atom stereocenters. The average molecular weight is 303 g/mol. The van der Waals surface area contributed by atoms with Gasteiger partial charge < -0.3 is 0 Å². The van der Waals surface area contributed by atoms with Gasteiger partial charge in [-0.25, -0.2) is 9.97 Å². The van der Waals surface area contributed by atoms with Crippen LogP contribution in [0.5, 0.6) is 0 Å². The summed E-state index contributed by atoms with van der Waals surface area (Å²) in [6.07, 6.45) is 0. The van der Waals surface area contributed by atoms with E-state index in [9.17, 15) is 9.59 Å².